The van der Waals surface area contributed by atoms with Crippen molar-refractivity contribution in [1.82, 2.24) is 0 Å². The fourth-order valence-electron chi connectivity index (χ4n) is 5.46. The predicted molar refractivity (Wildman–Crippen MR) is 99.4 cm³/mol. The molecule has 1 spiro atoms. The zero-order chi connectivity index (χ0) is 17.7. The van der Waals surface area contributed by atoms with Crippen molar-refractivity contribution < 1.29 is 13.7 Å². The van der Waals surface area contributed by atoms with E-state index in [0.29, 0.717) is 18.1 Å². The second-order valence-corrected chi connectivity index (χ2v) is 9.84. The van der Waals surface area contributed by atoms with Gasteiger partial charge in [0.15, 0.2) is 0 Å². The Bertz CT molecular complexity index is 724. The summed E-state index contributed by atoms with van der Waals surface area (Å²) in [6.45, 7) is 4.65. The number of ether oxygens (including phenoxy) is 1. The summed E-state index contributed by atoms with van der Waals surface area (Å²) >= 11 is 0. The van der Waals surface area contributed by atoms with Gasteiger partial charge < -0.3 is 4.74 Å². The Balaban J connectivity index is 1.77. The maximum atomic E-state index is 13.2. The van der Waals surface area contributed by atoms with Crippen LogP contribution in [0.1, 0.15) is 51.2 Å². The fourth-order valence-corrected chi connectivity index (χ4v) is 7.36. The van der Waals surface area contributed by atoms with Crippen molar-refractivity contribution in [3.8, 4) is 0 Å². The van der Waals surface area contributed by atoms with Crippen molar-refractivity contribution in [2.45, 2.75) is 51.7 Å². The lowest BCUT2D eigenvalue weighted by Crippen LogP contribution is -2.46. The zero-order valence-electron chi connectivity index (χ0n) is 14.9. The van der Waals surface area contributed by atoms with Crippen LogP contribution in [0.25, 0.3) is 0 Å². The Morgan fingerprint density at radius 3 is 2.68 bits per heavy atom. The molecule has 0 radical (unpaired) electrons. The van der Waals surface area contributed by atoms with E-state index in [2.05, 4.69) is 26.0 Å². The van der Waals surface area contributed by atoms with Gasteiger partial charge >= 0.3 is 0 Å². The van der Waals surface area contributed by atoms with Gasteiger partial charge in [-0.3, -0.25) is 9.00 Å². The van der Waals surface area contributed by atoms with Crippen molar-refractivity contribution in [2.24, 2.45) is 16.7 Å². The van der Waals surface area contributed by atoms with Crippen LogP contribution < -0.4 is 0 Å². The van der Waals surface area contributed by atoms with E-state index in [1.165, 1.54) is 12.5 Å². The second-order valence-electron chi connectivity index (χ2n) is 8.34. The first-order chi connectivity index (χ1) is 12.0. The lowest BCUT2D eigenvalue weighted by Gasteiger charge is -2.45. The van der Waals surface area contributed by atoms with Crippen molar-refractivity contribution >= 4 is 17.1 Å². The van der Waals surface area contributed by atoms with Gasteiger partial charge in [-0.05, 0) is 42.2 Å². The molecule has 2 aliphatic carbocycles. The number of fused-ring (bicyclic) bond motifs is 1. The molecule has 1 heterocycles. The molecule has 1 aromatic rings. The molecule has 1 aliphatic heterocycles. The number of rotatable bonds is 2. The van der Waals surface area contributed by atoms with Crippen molar-refractivity contribution in [1.29, 1.82) is 0 Å². The highest BCUT2D eigenvalue weighted by molar-refractivity contribution is 7.89. The quantitative estimate of drug-likeness (QED) is 0.588. The largest absolute Gasteiger partial charge is 0.369 e. The zero-order valence-corrected chi connectivity index (χ0v) is 15.8. The van der Waals surface area contributed by atoms with Crippen LogP contribution in [0.3, 0.4) is 0 Å². The summed E-state index contributed by atoms with van der Waals surface area (Å²) in [5.41, 5.74) is 1.20. The SMILES string of the molecule is CC1(C)[C@@H]2CC[C@]13C[S@@](=O)/C(=C/C=O)C[C@H](c1ccccc1)O[C@@H]3C2. The van der Waals surface area contributed by atoms with Crippen LogP contribution in [0.5, 0.6) is 0 Å². The van der Waals surface area contributed by atoms with Crippen LogP contribution in [-0.4, -0.2) is 22.4 Å². The molecule has 4 heteroatoms. The summed E-state index contributed by atoms with van der Waals surface area (Å²) in [6, 6.07) is 10.2. The molecule has 25 heavy (non-hydrogen) atoms. The Morgan fingerprint density at radius 1 is 1.24 bits per heavy atom. The van der Waals surface area contributed by atoms with E-state index >= 15 is 0 Å². The lowest BCUT2D eigenvalue weighted by molar-refractivity contribution is -0.104. The van der Waals surface area contributed by atoms with Crippen LogP contribution in [0, 0.1) is 16.7 Å². The Hall–Kier alpha value is -1.26. The van der Waals surface area contributed by atoms with Gasteiger partial charge in [0.05, 0.1) is 12.2 Å². The van der Waals surface area contributed by atoms with Crippen LogP contribution in [-0.2, 0) is 20.3 Å². The first kappa shape index (κ1) is 17.2. The summed E-state index contributed by atoms with van der Waals surface area (Å²) < 4.78 is 19.9. The summed E-state index contributed by atoms with van der Waals surface area (Å²) in [5.74, 6) is 1.27. The van der Waals surface area contributed by atoms with Crippen LogP contribution >= 0.6 is 0 Å². The standard InChI is InChI=1S/C21H26O3S/c1-20(2)16-8-10-21(20)14-25(23)17(9-11-22)13-18(24-19(21)12-16)15-6-4-3-5-7-15/h3-7,9,11,16,18-19H,8,10,12-14H2,1-2H3/b17-9+/t16-,18-,19-,21-,25-/m1/s1. The minimum atomic E-state index is -1.12. The normalized spacial score (nSPS) is 41.1. The molecule has 3 nitrogen and oxygen atoms in total. The van der Waals surface area contributed by atoms with Gasteiger partial charge in [-0.15, -0.1) is 0 Å². The molecule has 4 rings (SSSR count). The van der Waals surface area contributed by atoms with E-state index in [-0.39, 0.29) is 23.0 Å². The van der Waals surface area contributed by atoms with E-state index < -0.39 is 10.8 Å². The third-order valence-electron chi connectivity index (χ3n) is 7.18. The number of aldehydes is 1. The molecule has 5 atom stereocenters. The molecule has 0 amide bonds. The Kier molecular flexibility index (Phi) is 4.24. The molecule has 3 aliphatic rings. The minimum absolute atomic E-state index is 0.0437. The molecule has 2 saturated carbocycles. The van der Waals surface area contributed by atoms with Gasteiger partial charge in [0, 0.05) is 33.3 Å². The third-order valence-corrected chi connectivity index (χ3v) is 8.84. The highest BCUT2D eigenvalue weighted by atomic mass is 32.2. The van der Waals surface area contributed by atoms with Gasteiger partial charge in [-0.25, -0.2) is 0 Å². The average Bonchev–Trinajstić information content (AvgIpc) is 2.95. The number of carbonyl (C=O) groups excluding carboxylic acids is 1. The predicted octanol–water partition coefficient (Wildman–Crippen LogP) is 4.17. The van der Waals surface area contributed by atoms with Gasteiger partial charge in [-0.2, -0.15) is 0 Å². The van der Waals surface area contributed by atoms with E-state index in [4.69, 9.17) is 4.74 Å². The number of carbonyl (C=O) groups is 1. The highest BCUT2D eigenvalue weighted by Crippen LogP contribution is 2.68. The molecular weight excluding hydrogens is 332 g/mol. The topological polar surface area (TPSA) is 43.4 Å². The Morgan fingerprint density at radius 2 is 2.00 bits per heavy atom. The molecule has 0 aromatic heterocycles. The number of hydrogen-bond acceptors (Lipinski definition) is 3. The van der Waals surface area contributed by atoms with Gasteiger partial charge in [0.1, 0.15) is 6.29 Å². The van der Waals surface area contributed by atoms with Crippen LogP contribution in [0.15, 0.2) is 41.3 Å². The Labute approximate surface area is 152 Å². The summed E-state index contributed by atoms with van der Waals surface area (Å²) in [7, 11) is -1.12. The van der Waals surface area contributed by atoms with Crippen LogP contribution in [0.2, 0.25) is 0 Å². The van der Waals surface area contributed by atoms with Crippen molar-refractivity contribution in [2.75, 3.05) is 5.75 Å². The van der Waals surface area contributed by atoms with E-state index in [9.17, 15) is 9.00 Å². The average molecular weight is 359 g/mol. The molecule has 2 bridgehead atoms. The van der Waals surface area contributed by atoms with Crippen LogP contribution in [0.4, 0.5) is 0 Å². The second kappa shape index (κ2) is 6.17. The summed E-state index contributed by atoms with van der Waals surface area (Å²) in [6.07, 6.45) is 6.18. The molecule has 1 saturated heterocycles. The first-order valence-corrected chi connectivity index (χ1v) is 10.5. The van der Waals surface area contributed by atoms with Crippen molar-refractivity contribution in [3.63, 3.8) is 0 Å². The highest BCUT2D eigenvalue weighted by Gasteiger charge is 2.65. The summed E-state index contributed by atoms with van der Waals surface area (Å²) in [4.78, 5) is 11.8. The number of benzene rings is 1. The molecule has 1 aromatic carbocycles. The van der Waals surface area contributed by atoms with E-state index in [0.717, 1.165) is 29.6 Å². The number of hydrogen-bond donors (Lipinski definition) is 0. The minimum Gasteiger partial charge on any atom is -0.369 e. The summed E-state index contributed by atoms with van der Waals surface area (Å²) in [5, 5.41) is 0. The fraction of sp³-hybridized carbons (Fsp3) is 0.571. The molecule has 134 valence electrons. The smallest absolute Gasteiger partial charge is 0.143 e. The molecule has 0 unspecified atom stereocenters. The molecule has 3 fully saturated rings. The maximum absolute atomic E-state index is 13.2. The van der Waals surface area contributed by atoms with Gasteiger partial charge in [0.2, 0.25) is 0 Å². The van der Waals surface area contributed by atoms with E-state index in [1.54, 1.807) is 0 Å². The maximum Gasteiger partial charge on any atom is 0.143 e. The lowest BCUT2D eigenvalue weighted by atomic mass is 9.69. The third kappa shape index (κ3) is 2.57. The monoisotopic (exact) mass is 358 g/mol. The van der Waals surface area contributed by atoms with Gasteiger partial charge in [-0.1, -0.05) is 44.2 Å². The first-order valence-electron chi connectivity index (χ1n) is 9.21. The van der Waals surface area contributed by atoms with Crippen molar-refractivity contribution in [3.05, 3.63) is 46.9 Å². The van der Waals surface area contributed by atoms with E-state index in [1.807, 2.05) is 18.2 Å². The number of allylic oxidation sites excluding steroid dienone is 1. The molecular formula is C21H26O3S. The van der Waals surface area contributed by atoms with Gasteiger partial charge in [0.25, 0.3) is 0 Å². The molecule has 0 N–H and O–H groups in total.